The molecule has 0 amide bonds. The Labute approximate surface area is 121 Å². The first-order chi connectivity index (χ1) is 10.2. The van der Waals surface area contributed by atoms with Gasteiger partial charge in [0.1, 0.15) is 5.75 Å². The van der Waals surface area contributed by atoms with Gasteiger partial charge in [-0.15, -0.1) is 0 Å². The van der Waals surface area contributed by atoms with Gasteiger partial charge in [-0.1, -0.05) is 11.2 Å². The van der Waals surface area contributed by atoms with Gasteiger partial charge in [-0.05, 0) is 60.7 Å². The fourth-order valence-corrected chi connectivity index (χ4v) is 2.54. The zero-order valence-corrected chi connectivity index (χ0v) is 11.3. The van der Waals surface area contributed by atoms with E-state index in [0.29, 0.717) is 11.3 Å². The maximum atomic E-state index is 14.0. The van der Waals surface area contributed by atoms with E-state index < -0.39 is 5.82 Å². The van der Waals surface area contributed by atoms with Crippen molar-refractivity contribution in [1.82, 2.24) is 0 Å². The Morgan fingerprint density at radius 2 is 1.95 bits per heavy atom. The van der Waals surface area contributed by atoms with Crippen molar-refractivity contribution < 1.29 is 14.3 Å². The van der Waals surface area contributed by atoms with Crippen molar-refractivity contribution in [3.8, 4) is 11.5 Å². The molecule has 4 nitrogen and oxygen atoms in total. The Morgan fingerprint density at radius 1 is 1.14 bits per heavy atom. The minimum absolute atomic E-state index is 0.113. The molecule has 2 aromatic carbocycles. The fourth-order valence-electron chi connectivity index (χ4n) is 2.54. The third-order valence-electron chi connectivity index (χ3n) is 3.63. The number of hydrogen-bond donors (Lipinski definition) is 2. The van der Waals surface area contributed by atoms with Gasteiger partial charge >= 0.3 is 0 Å². The number of hydrogen-bond acceptors (Lipinski definition) is 3. The topological polar surface area (TPSA) is 67.8 Å². The van der Waals surface area contributed by atoms with Crippen LogP contribution < -0.4 is 10.5 Å². The standard InChI is InChI=1S/C16H15FN2O2/c17-14-9-12(16(18)19-20)5-7-15(14)21-13-6-4-10-2-1-3-11(10)8-13/h4-9,20H,1-3H2,(H2,18,19). The number of ether oxygens (including phenoxy) is 1. The van der Waals surface area contributed by atoms with Gasteiger partial charge < -0.3 is 15.7 Å². The maximum absolute atomic E-state index is 14.0. The summed E-state index contributed by atoms with van der Waals surface area (Å²) >= 11 is 0. The third-order valence-corrected chi connectivity index (χ3v) is 3.63. The molecule has 5 heteroatoms. The summed E-state index contributed by atoms with van der Waals surface area (Å²) in [6, 6.07) is 10.0. The monoisotopic (exact) mass is 286 g/mol. The van der Waals surface area contributed by atoms with Crippen LogP contribution in [0.5, 0.6) is 11.5 Å². The Kier molecular flexibility index (Phi) is 3.48. The van der Waals surface area contributed by atoms with E-state index in [-0.39, 0.29) is 11.6 Å². The van der Waals surface area contributed by atoms with Crippen molar-refractivity contribution in [1.29, 1.82) is 0 Å². The SMILES string of the molecule is N/C(=N\O)c1ccc(Oc2ccc3c(c2)CCC3)c(F)c1. The number of nitrogens with zero attached hydrogens (tertiary/aromatic N) is 1. The average molecular weight is 286 g/mol. The van der Waals surface area contributed by atoms with Crippen molar-refractivity contribution in [3.63, 3.8) is 0 Å². The van der Waals surface area contributed by atoms with Crippen LogP contribution >= 0.6 is 0 Å². The smallest absolute Gasteiger partial charge is 0.170 e. The molecule has 0 saturated carbocycles. The Bertz CT molecular complexity index is 713. The number of rotatable bonds is 3. The van der Waals surface area contributed by atoms with E-state index in [0.717, 1.165) is 19.3 Å². The average Bonchev–Trinajstić information content (AvgIpc) is 2.96. The molecule has 21 heavy (non-hydrogen) atoms. The molecule has 0 atom stereocenters. The summed E-state index contributed by atoms with van der Waals surface area (Å²) in [5.74, 6) is 0.0334. The van der Waals surface area contributed by atoms with Crippen molar-refractivity contribution in [2.45, 2.75) is 19.3 Å². The highest BCUT2D eigenvalue weighted by molar-refractivity contribution is 5.97. The molecule has 0 unspecified atom stereocenters. The van der Waals surface area contributed by atoms with Crippen molar-refractivity contribution in [2.24, 2.45) is 10.9 Å². The van der Waals surface area contributed by atoms with Crippen LogP contribution in [0, 0.1) is 5.82 Å². The lowest BCUT2D eigenvalue weighted by atomic mass is 10.1. The quantitative estimate of drug-likeness (QED) is 0.394. The Hall–Kier alpha value is -2.56. The molecule has 0 aliphatic heterocycles. The van der Waals surface area contributed by atoms with E-state index in [1.54, 1.807) is 6.07 Å². The van der Waals surface area contributed by atoms with E-state index >= 15 is 0 Å². The molecule has 1 aliphatic carbocycles. The summed E-state index contributed by atoms with van der Waals surface area (Å²) < 4.78 is 19.6. The van der Waals surface area contributed by atoms with Crippen LogP contribution in [0.3, 0.4) is 0 Å². The molecule has 0 bridgehead atoms. The fraction of sp³-hybridized carbons (Fsp3) is 0.188. The van der Waals surface area contributed by atoms with Crippen molar-refractivity contribution >= 4 is 5.84 Å². The summed E-state index contributed by atoms with van der Waals surface area (Å²) in [5.41, 5.74) is 8.32. The lowest BCUT2D eigenvalue weighted by Crippen LogP contribution is -2.13. The third kappa shape index (κ3) is 2.67. The second kappa shape index (κ2) is 5.44. The molecule has 0 fully saturated rings. The summed E-state index contributed by atoms with van der Waals surface area (Å²) in [6.45, 7) is 0. The van der Waals surface area contributed by atoms with E-state index in [1.807, 2.05) is 18.2 Å². The van der Waals surface area contributed by atoms with Crippen LogP contribution in [0.15, 0.2) is 41.6 Å². The van der Waals surface area contributed by atoms with Gasteiger partial charge in [-0.25, -0.2) is 4.39 Å². The second-order valence-electron chi connectivity index (χ2n) is 5.02. The van der Waals surface area contributed by atoms with E-state index in [1.165, 1.54) is 23.3 Å². The molecule has 0 spiro atoms. The van der Waals surface area contributed by atoms with Crippen molar-refractivity contribution in [3.05, 3.63) is 58.9 Å². The highest BCUT2D eigenvalue weighted by atomic mass is 19.1. The zero-order valence-electron chi connectivity index (χ0n) is 11.3. The van der Waals surface area contributed by atoms with Crippen LogP contribution in [0.2, 0.25) is 0 Å². The molecular weight excluding hydrogens is 271 g/mol. The summed E-state index contributed by atoms with van der Waals surface area (Å²) in [6.07, 6.45) is 3.29. The summed E-state index contributed by atoms with van der Waals surface area (Å²) in [4.78, 5) is 0. The number of aryl methyl sites for hydroxylation is 2. The van der Waals surface area contributed by atoms with Gasteiger partial charge in [0, 0.05) is 5.56 Å². The summed E-state index contributed by atoms with van der Waals surface area (Å²) in [5, 5.41) is 11.4. The largest absolute Gasteiger partial charge is 0.454 e. The molecule has 2 aromatic rings. The first-order valence-corrected chi connectivity index (χ1v) is 6.74. The van der Waals surface area contributed by atoms with Crippen LogP contribution in [0.25, 0.3) is 0 Å². The molecule has 3 N–H and O–H groups in total. The zero-order chi connectivity index (χ0) is 14.8. The Balaban J connectivity index is 1.85. The number of fused-ring (bicyclic) bond motifs is 1. The number of oxime groups is 1. The molecule has 0 heterocycles. The molecule has 0 aromatic heterocycles. The highest BCUT2D eigenvalue weighted by Gasteiger charge is 2.13. The number of nitrogens with two attached hydrogens (primary N) is 1. The molecule has 108 valence electrons. The molecule has 0 radical (unpaired) electrons. The van der Waals surface area contributed by atoms with Crippen LogP contribution in [-0.4, -0.2) is 11.0 Å². The Morgan fingerprint density at radius 3 is 2.71 bits per heavy atom. The first kappa shape index (κ1) is 13.4. The molecule has 0 saturated heterocycles. The lowest BCUT2D eigenvalue weighted by molar-refractivity contribution is 0.318. The van der Waals surface area contributed by atoms with Gasteiger partial charge in [0.25, 0.3) is 0 Å². The van der Waals surface area contributed by atoms with Crippen LogP contribution in [-0.2, 0) is 12.8 Å². The number of halogens is 1. The van der Waals surface area contributed by atoms with Crippen LogP contribution in [0.4, 0.5) is 4.39 Å². The van der Waals surface area contributed by atoms with Gasteiger partial charge in [0.05, 0.1) is 0 Å². The summed E-state index contributed by atoms with van der Waals surface area (Å²) in [7, 11) is 0. The van der Waals surface area contributed by atoms with Gasteiger partial charge in [0.15, 0.2) is 17.4 Å². The minimum Gasteiger partial charge on any atom is -0.454 e. The number of amidine groups is 1. The van der Waals surface area contributed by atoms with Gasteiger partial charge in [-0.3, -0.25) is 0 Å². The first-order valence-electron chi connectivity index (χ1n) is 6.74. The van der Waals surface area contributed by atoms with E-state index in [4.69, 9.17) is 15.7 Å². The second-order valence-corrected chi connectivity index (χ2v) is 5.02. The predicted molar refractivity (Wildman–Crippen MR) is 77.5 cm³/mol. The number of benzene rings is 2. The molecule has 3 rings (SSSR count). The van der Waals surface area contributed by atoms with E-state index in [2.05, 4.69) is 5.16 Å². The van der Waals surface area contributed by atoms with E-state index in [9.17, 15) is 4.39 Å². The predicted octanol–water partition coefficient (Wildman–Crippen LogP) is 3.20. The minimum atomic E-state index is -0.556. The molecule has 1 aliphatic rings. The maximum Gasteiger partial charge on any atom is 0.170 e. The van der Waals surface area contributed by atoms with Crippen LogP contribution in [0.1, 0.15) is 23.1 Å². The highest BCUT2D eigenvalue weighted by Crippen LogP contribution is 2.30. The van der Waals surface area contributed by atoms with Gasteiger partial charge in [-0.2, -0.15) is 0 Å². The van der Waals surface area contributed by atoms with Gasteiger partial charge in [0.2, 0.25) is 0 Å². The van der Waals surface area contributed by atoms with Crippen molar-refractivity contribution in [2.75, 3.05) is 0 Å². The lowest BCUT2D eigenvalue weighted by Gasteiger charge is -2.09. The normalized spacial score (nSPS) is 14.0. The molecular formula is C16H15FN2O2.